The summed E-state index contributed by atoms with van der Waals surface area (Å²) in [6.07, 6.45) is 6.39. The Morgan fingerprint density at radius 3 is 2.84 bits per heavy atom. The molecule has 0 aliphatic heterocycles. The quantitative estimate of drug-likeness (QED) is 0.897. The van der Waals surface area contributed by atoms with Crippen LogP contribution in [0.5, 0.6) is 0 Å². The van der Waals surface area contributed by atoms with E-state index in [1.807, 2.05) is 26.2 Å². The maximum absolute atomic E-state index is 9.62. The SMILES string of the molecule is Cc1cc(C)c(CO)c(-n2cnc3c2CCCC3)n1. The van der Waals surface area contributed by atoms with Gasteiger partial charge in [0.1, 0.15) is 12.1 Å². The van der Waals surface area contributed by atoms with E-state index in [9.17, 15) is 5.11 Å². The van der Waals surface area contributed by atoms with Crippen LogP contribution in [0.2, 0.25) is 0 Å². The molecule has 1 N–H and O–H groups in total. The Morgan fingerprint density at radius 2 is 2.05 bits per heavy atom. The molecule has 0 atom stereocenters. The van der Waals surface area contributed by atoms with E-state index >= 15 is 0 Å². The predicted molar refractivity (Wildman–Crippen MR) is 73.4 cm³/mol. The number of hydrogen-bond donors (Lipinski definition) is 1. The van der Waals surface area contributed by atoms with Gasteiger partial charge in [-0.2, -0.15) is 0 Å². The number of aliphatic hydroxyl groups excluding tert-OH is 1. The molecule has 0 saturated heterocycles. The number of hydrogen-bond acceptors (Lipinski definition) is 3. The van der Waals surface area contributed by atoms with Crippen LogP contribution in [0.3, 0.4) is 0 Å². The molecule has 4 heteroatoms. The van der Waals surface area contributed by atoms with Gasteiger partial charge in [-0.15, -0.1) is 0 Å². The van der Waals surface area contributed by atoms with Crippen LogP contribution in [0.1, 0.15) is 41.1 Å². The van der Waals surface area contributed by atoms with E-state index < -0.39 is 0 Å². The highest BCUT2D eigenvalue weighted by Gasteiger charge is 2.19. The molecule has 4 nitrogen and oxygen atoms in total. The Balaban J connectivity index is 2.19. The molecule has 0 amide bonds. The van der Waals surface area contributed by atoms with Gasteiger partial charge >= 0.3 is 0 Å². The van der Waals surface area contributed by atoms with Crippen LogP contribution in [0.25, 0.3) is 5.82 Å². The topological polar surface area (TPSA) is 50.9 Å². The van der Waals surface area contributed by atoms with Crippen molar-refractivity contribution in [2.75, 3.05) is 0 Å². The van der Waals surface area contributed by atoms with Crippen LogP contribution < -0.4 is 0 Å². The van der Waals surface area contributed by atoms with Crippen molar-refractivity contribution in [1.82, 2.24) is 14.5 Å². The molecule has 100 valence electrons. The summed E-state index contributed by atoms with van der Waals surface area (Å²) in [6, 6.07) is 2.01. The molecule has 2 aromatic rings. The van der Waals surface area contributed by atoms with E-state index in [4.69, 9.17) is 0 Å². The molecule has 1 aliphatic rings. The van der Waals surface area contributed by atoms with Crippen LogP contribution in [0, 0.1) is 13.8 Å². The fourth-order valence-electron chi connectivity index (χ4n) is 2.89. The first-order valence-electron chi connectivity index (χ1n) is 6.84. The van der Waals surface area contributed by atoms with Gasteiger partial charge < -0.3 is 5.11 Å². The third kappa shape index (κ3) is 2.06. The minimum Gasteiger partial charge on any atom is -0.392 e. The van der Waals surface area contributed by atoms with Gasteiger partial charge in [0, 0.05) is 17.0 Å². The number of nitrogens with zero attached hydrogens (tertiary/aromatic N) is 3. The van der Waals surface area contributed by atoms with Crippen molar-refractivity contribution in [2.45, 2.75) is 46.1 Å². The summed E-state index contributed by atoms with van der Waals surface area (Å²) >= 11 is 0. The second-order valence-corrected chi connectivity index (χ2v) is 5.26. The molecule has 0 saturated carbocycles. The lowest BCUT2D eigenvalue weighted by Gasteiger charge is -2.17. The Bertz CT molecular complexity index is 616. The van der Waals surface area contributed by atoms with E-state index in [-0.39, 0.29) is 6.61 Å². The lowest BCUT2D eigenvalue weighted by atomic mass is 10.0. The van der Waals surface area contributed by atoms with Crippen molar-refractivity contribution in [1.29, 1.82) is 0 Å². The van der Waals surface area contributed by atoms with E-state index in [1.165, 1.54) is 24.2 Å². The van der Waals surface area contributed by atoms with Crippen molar-refractivity contribution in [3.05, 3.63) is 40.6 Å². The van der Waals surface area contributed by atoms with Crippen molar-refractivity contribution >= 4 is 0 Å². The summed E-state index contributed by atoms with van der Waals surface area (Å²) < 4.78 is 2.07. The van der Waals surface area contributed by atoms with Gasteiger partial charge in [0.2, 0.25) is 0 Å². The second-order valence-electron chi connectivity index (χ2n) is 5.26. The number of imidazole rings is 1. The second kappa shape index (κ2) is 4.78. The van der Waals surface area contributed by atoms with Crippen LogP contribution in [-0.2, 0) is 19.4 Å². The third-order valence-electron chi connectivity index (χ3n) is 3.87. The first kappa shape index (κ1) is 12.4. The average molecular weight is 257 g/mol. The predicted octanol–water partition coefficient (Wildman–Crippen LogP) is 2.26. The Kier molecular flexibility index (Phi) is 3.11. The van der Waals surface area contributed by atoms with Crippen LogP contribution in [0.15, 0.2) is 12.4 Å². The Labute approximate surface area is 113 Å². The minimum atomic E-state index is 0.0153. The number of fused-ring (bicyclic) bond motifs is 1. The molecule has 0 aromatic carbocycles. The molecule has 0 fully saturated rings. The van der Waals surface area contributed by atoms with E-state index in [1.54, 1.807) is 0 Å². The summed E-state index contributed by atoms with van der Waals surface area (Å²) in [5.41, 5.74) is 5.41. The van der Waals surface area contributed by atoms with Gasteiger partial charge in [0.25, 0.3) is 0 Å². The fourth-order valence-corrected chi connectivity index (χ4v) is 2.89. The van der Waals surface area contributed by atoms with Gasteiger partial charge in [-0.1, -0.05) is 0 Å². The number of aromatic nitrogens is 3. The normalized spacial score (nSPS) is 14.5. The summed E-state index contributed by atoms with van der Waals surface area (Å²) in [6.45, 7) is 4.02. The first-order chi connectivity index (χ1) is 9.20. The molecule has 19 heavy (non-hydrogen) atoms. The summed E-state index contributed by atoms with van der Waals surface area (Å²) in [5, 5.41) is 9.62. The van der Waals surface area contributed by atoms with Crippen LogP contribution >= 0.6 is 0 Å². The lowest BCUT2D eigenvalue weighted by molar-refractivity contribution is 0.280. The van der Waals surface area contributed by atoms with Crippen molar-refractivity contribution in [3.63, 3.8) is 0 Å². The molecule has 1 aliphatic carbocycles. The maximum Gasteiger partial charge on any atom is 0.144 e. The van der Waals surface area contributed by atoms with Crippen LogP contribution in [0.4, 0.5) is 0 Å². The highest BCUT2D eigenvalue weighted by molar-refractivity contribution is 5.43. The van der Waals surface area contributed by atoms with Gasteiger partial charge in [-0.05, 0) is 51.2 Å². The number of aryl methyl sites for hydroxylation is 3. The largest absolute Gasteiger partial charge is 0.392 e. The molecule has 2 heterocycles. The molecule has 2 aromatic heterocycles. The highest BCUT2D eigenvalue weighted by Crippen LogP contribution is 2.25. The Morgan fingerprint density at radius 1 is 1.26 bits per heavy atom. The molecular formula is C15H19N3O. The standard InChI is InChI=1S/C15H19N3O/c1-10-7-11(2)17-15(12(10)8-19)18-9-16-13-5-3-4-6-14(13)18/h7,9,19H,3-6,8H2,1-2H3. The van der Waals surface area contributed by atoms with Crippen LogP contribution in [-0.4, -0.2) is 19.6 Å². The minimum absolute atomic E-state index is 0.0153. The van der Waals surface area contributed by atoms with E-state index in [2.05, 4.69) is 14.5 Å². The molecule has 0 bridgehead atoms. The summed E-state index contributed by atoms with van der Waals surface area (Å²) in [4.78, 5) is 9.13. The van der Waals surface area contributed by atoms with E-state index in [0.29, 0.717) is 0 Å². The molecular weight excluding hydrogens is 238 g/mol. The van der Waals surface area contributed by atoms with E-state index in [0.717, 1.165) is 35.5 Å². The molecule has 0 radical (unpaired) electrons. The zero-order chi connectivity index (χ0) is 13.4. The summed E-state index contributed by atoms with van der Waals surface area (Å²) in [5.74, 6) is 0.843. The number of aliphatic hydroxyl groups is 1. The Hall–Kier alpha value is -1.68. The zero-order valence-electron chi connectivity index (χ0n) is 11.5. The highest BCUT2D eigenvalue weighted by atomic mass is 16.3. The fraction of sp³-hybridized carbons (Fsp3) is 0.467. The molecule has 3 rings (SSSR count). The average Bonchev–Trinajstić information content (AvgIpc) is 2.81. The van der Waals surface area contributed by atoms with Crippen molar-refractivity contribution in [2.24, 2.45) is 0 Å². The van der Waals surface area contributed by atoms with Crippen molar-refractivity contribution < 1.29 is 5.11 Å². The third-order valence-corrected chi connectivity index (χ3v) is 3.87. The smallest absolute Gasteiger partial charge is 0.144 e. The van der Waals surface area contributed by atoms with Gasteiger partial charge in [0.05, 0.1) is 12.3 Å². The summed E-state index contributed by atoms with van der Waals surface area (Å²) in [7, 11) is 0. The van der Waals surface area contributed by atoms with Gasteiger partial charge in [0.15, 0.2) is 0 Å². The maximum atomic E-state index is 9.62. The molecule has 0 spiro atoms. The lowest BCUT2D eigenvalue weighted by Crippen LogP contribution is -2.11. The number of pyridine rings is 1. The number of rotatable bonds is 2. The van der Waals surface area contributed by atoms with Gasteiger partial charge in [-0.3, -0.25) is 4.57 Å². The first-order valence-corrected chi connectivity index (χ1v) is 6.84. The monoisotopic (exact) mass is 257 g/mol. The molecule has 0 unspecified atom stereocenters. The van der Waals surface area contributed by atoms with Crippen molar-refractivity contribution in [3.8, 4) is 5.82 Å². The van der Waals surface area contributed by atoms with Gasteiger partial charge in [-0.25, -0.2) is 9.97 Å². The zero-order valence-corrected chi connectivity index (χ0v) is 11.5.